The lowest BCUT2D eigenvalue weighted by Gasteiger charge is -2.24. The van der Waals surface area contributed by atoms with Gasteiger partial charge in [-0.05, 0) is 39.2 Å². The van der Waals surface area contributed by atoms with Crippen molar-refractivity contribution in [2.45, 2.75) is 37.5 Å². The largest absolute Gasteiger partial charge is 0.455 e. The van der Waals surface area contributed by atoms with E-state index in [9.17, 15) is 4.79 Å². The Morgan fingerprint density at radius 2 is 2.04 bits per heavy atom. The van der Waals surface area contributed by atoms with E-state index in [4.69, 9.17) is 21.1 Å². The number of aromatic nitrogens is 1. The van der Waals surface area contributed by atoms with Crippen LogP contribution in [0.4, 0.5) is 0 Å². The van der Waals surface area contributed by atoms with E-state index >= 15 is 0 Å². The molecule has 1 unspecified atom stereocenters. The highest BCUT2D eigenvalue weighted by atomic mass is 35.5. The van der Waals surface area contributed by atoms with Crippen LogP contribution < -0.4 is 10.1 Å². The third-order valence-corrected chi connectivity index (χ3v) is 4.07. The molecule has 0 aliphatic rings. The van der Waals surface area contributed by atoms with Crippen LogP contribution >= 0.6 is 23.4 Å². The minimum atomic E-state index is -1.06. The number of fused-ring (bicyclic) bond motifs is 1. The van der Waals surface area contributed by atoms with Gasteiger partial charge in [0, 0.05) is 35.2 Å². The SMILES string of the molecule is COC(Oc1cc(Cl)c2ncc(SC)cc2c1)C(=O)NC(C)(C)C. The summed E-state index contributed by atoms with van der Waals surface area (Å²) in [4.78, 5) is 17.6. The van der Waals surface area contributed by atoms with Crippen molar-refractivity contribution in [1.82, 2.24) is 10.3 Å². The predicted molar refractivity (Wildman–Crippen MR) is 97.9 cm³/mol. The van der Waals surface area contributed by atoms with Crippen molar-refractivity contribution in [2.75, 3.05) is 13.4 Å². The van der Waals surface area contributed by atoms with Crippen molar-refractivity contribution < 1.29 is 14.3 Å². The number of hydrogen-bond acceptors (Lipinski definition) is 5. The van der Waals surface area contributed by atoms with E-state index in [0.717, 1.165) is 10.3 Å². The van der Waals surface area contributed by atoms with Crippen LogP contribution in [0, 0.1) is 0 Å². The molecule has 7 heteroatoms. The van der Waals surface area contributed by atoms with E-state index in [1.54, 1.807) is 30.1 Å². The summed E-state index contributed by atoms with van der Waals surface area (Å²) in [7, 11) is 1.42. The second-order valence-electron chi connectivity index (χ2n) is 6.28. The number of carbonyl (C=O) groups excluding carboxylic acids is 1. The first-order valence-electron chi connectivity index (χ1n) is 7.38. The number of amides is 1. The van der Waals surface area contributed by atoms with Gasteiger partial charge in [-0.15, -0.1) is 11.8 Å². The molecule has 1 N–H and O–H groups in total. The van der Waals surface area contributed by atoms with Crippen molar-refractivity contribution >= 4 is 40.2 Å². The van der Waals surface area contributed by atoms with Crippen LogP contribution in [0.5, 0.6) is 5.75 Å². The Balaban J connectivity index is 2.29. The van der Waals surface area contributed by atoms with Crippen LogP contribution in [-0.2, 0) is 9.53 Å². The van der Waals surface area contributed by atoms with Crippen LogP contribution in [0.1, 0.15) is 20.8 Å². The standard InChI is InChI=1S/C17H21ClN2O3S/c1-17(2,3)20-15(21)16(22-4)23-11-6-10-7-12(24-5)9-19-14(10)13(18)8-11/h6-9,16H,1-5H3,(H,20,21). The first-order valence-corrected chi connectivity index (χ1v) is 8.98. The van der Waals surface area contributed by atoms with Crippen molar-refractivity contribution in [1.29, 1.82) is 0 Å². The topological polar surface area (TPSA) is 60.5 Å². The van der Waals surface area contributed by atoms with Gasteiger partial charge in [0.15, 0.2) is 0 Å². The van der Waals surface area contributed by atoms with Gasteiger partial charge in [-0.1, -0.05) is 11.6 Å². The van der Waals surface area contributed by atoms with Gasteiger partial charge in [0.2, 0.25) is 0 Å². The lowest BCUT2D eigenvalue weighted by Crippen LogP contribution is -2.48. The Labute approximate surface area is 151 Å². The van der Waals surface area contributed by atoms with Crippen LogP contribution in [0.25, 0.3) is 10.9 Å². The smallest absolute Gasteiger partial charge is 0.290 e. The molecule has 2 aromatic rings. The molecule has 0 spiro atoms. The summed E-state index contributed by atoms with van der Waals surface area (Å²) in [6.07, 6.45) is 2.69. The van der Waals surface area contributed by atoms with Gasteiger partial charge in [-0.2, -0.15) is 0 Å². The van der Waals surface area contributed by atoms with Crippen LogP contribution in [-0.4, -0.2) is 36.1 Å². The Morgan fingerprint density at radius 3 is 2.62 bits per heavy atom. The quantitative estimate of drug-likeness (QED) is 0.641. The molecule has 0 saturated carbocycles. The predicted octanol–water partition coefficient (Wildman–Crippen LogP) is 3.88. The zero-order valence-electron chi connectivity index (χ0n) is 14.3. The van der Waals surface area contributed by atoms with Crippen LogP contribution in [0.3, 0.4) is 0 Å². The first kappa shape index (κ1) is 18.8. The van der Waals surface area contributed by atoms with E-state index in [1.165, 1.54) is 7.11 Å². The highest BCUT2D eigenvalue weighted by Crippen LogP contribution is 2.30. The fourth-order valence-corrected chi connectivity index (χ4v) is 2.77. The third-order valence-electron chi connectivity index (χ3n) is 3.09. The zero-order chi connectivity index (χ0) is 17.9. The Bertz CT molecular complexity index is 746. The van der Waals surface area contributed by atoms with Crippen molar-refractivity contribution in [3.8, 4) is 5.75 Å². The van der Waals surface area contributed by atoms with Gasteiger partial charge >= 0.3 is 0 Å². The normalized spacial score (nSPS) is 12.9. The summed E-state index contributed by atoms with van der Waals surface area (Å²) in [6.45, 7) is 5.67. The fraction of sp³-hybridized carbons (Fsp3) is 0.412. The molecule has 24 heavy (non-hydrogen) atoms. The molecule has 1 atom stereocenters. The molecule has 0 bridgehead atoms. The average Bonchev–Trinajstić information content (AvgIpc) is 2.50. The van der Waals surface area contributed by atoms with E-state index < -0.39 is 6.29 Å². The molecule has 5 nitrogen and oxygen atoms in total. The second-order valence-corrected chi connectivity index (χ2v) is 7.56. The fourth-order valence-electron chi connectivity index (χ4n) is 2.10. The molecule has 0 fully saturated rings. The molecule has 1 aromatic carbocycles. The molecule has 0 aliphatic heterocycles. The summed E-state index contributed by atoms with van der Waals surface area (Å²) in [5, 5.41) is 4.13. The molecule has 1 amide bonds. The minimum absolute atomic E-state index is 0.350. The van der Waals surface area contributed by atoms with Crippen LogP contribution in [0.15, 0.2) is 29.3 Å². The van der Waals surface area contributed by atoms with Crippen LogP contribution in [0.2, 0.25) is 5.02 Å². The Kier molecular flexibility index (Phi) is 5.96. The highest BCUT2D eigenvalue weighted by Gasteiger charge is 2.24. The molecule has 1 heterocycles. The highest BCUT2D eigenvalue weighted by molar-refractivity contribution is 7.98. The third kappa shape index (κ3) is 4.75. The van der Waals surface area contributed by atoms with Gasteiger partial charge in [-0.3, -0.25) is 9.78 Å². The molecule has 1 aromatic heterocycles. The number of benzene rings is 1. The lowest BCUT2D eigenvalue weighted by molar-refractivity contribution is -0.149. The number of ether oxygens (including phenoxy) is 2. The van der Waals surface area contributed by atoms with Crippen molar-refractivity contribution in [3.05, 3.63) is 29.4 Å². The summed E-state index contributed by atoms with van der Waals surface area (Å²) in [5.41, 5.74) is 0.310. The Hall–Kier alpha value is -1.50. The molecule has 0 saturated heterocycles. The number of methoxy groups -OCH3 is 1. The number of pyridine rings is 1. The number of hydrogen-bond donors (Lipinski definition) is 1. The van der Waals surface area contributed by atoms with E-state index in [0.29, 0.717) is 16.3 Å². The van der Waals surface area contributed by atoms with Gasteiger partial charge in [0.05, 0.1) is 10.5 Å². The molecular weight excluding hydrogens is 348 g/mol. The Morgan fingerprint density at radius 1 is 1.33 bits per heavy atom. The molecule has 0 radical (unpaired) electrons. The van der Waals surface area contributed by atoms with Gasteiger partial charge < -0.3 is 14.8 Å². The van der Waals surface area contributed by atoms with E-state index in [-0.39, 0.29) is 11.4 Å². The number of halogens is 1. The average molecular weight is 369 g/mol. The number of rotatable bonds is 5. The summed E-state index contributed by atoms with van der Waals surface area (Å²) in [6, 6.07) is 5.40. The first-order chi connectivity index (χ1) is 11.2. The molecule has 0 aliphatic carbocycles. The van der Waals surface area contributed by atoms with Crippen molar-refractivity contribution in [2.24, 2.45) is 0 Å². The minimum Gasteiger partial charge on any atom is -0.455 e. The molecule has 130 valence electrons. The summed E-state index contributed by atoms with van der Waals surface area (Å²) >= 11 is 7.87. The van der Waals surface area contributed by atoms with Gasteiger partial charge in [0.25, 0.3) is 12.2 Å². The number of thioether (sulfide) groups is 1. The lowest BCUT2D eigenvalue weighted by atomic mass is 10.1. The zero-order valence-corrected chi connectivity index (χ0v) is 15.9. The number of nitrogens with zero attached hydrogens (tertiary/aromatic N) is 1. The van der Waals surface area contributed by atoms with E-state index in [2.05, 4.69) is 10.3 Å². The van der Waals surface area contributed by atoms with Gasteiger partial charge in [0.1, 0.15) is 5.75 Å². The number of nitrogens with one attached hydrogen (secondary N) is 1. The molecular formula is C17H21ClN2O3S. The molecule has 2 rings (SSSR count). The summed E-state index contributed by atoms with van der Waals surface area (Å²) < 4.78 is 10.8. The van der Waals surface area contributed by atoms with Crippen molar-refractivity contribution in [3.63, 3.8) is 0 Å². The van der Waals surface area contributed by atoms with Gasteiger partial charge in [-0.25, -0.2) is 0 Å². The summed E-state index contributed by atoms with van der Waals surface area (Å²) in [5.74, 6) is 0.0978. The maximum atomic E-state index is 12.2. The second kappa shape index (κ2) is 7.59. The monoisotopic (exact) mass is 368 g/mol. The maximum Gasteiger partial charge on any atom is 0.290 e. The van der Waals surface area contributed by atoms with E-state index in [1.807, 2.05) is 33.1 Å². The number of carbonyl (C=O) groups is 1. The maximum absolute atomic E-state index is 12.2.